The van der Waals surface area contributed by atoms with E-state index in [1.54, 1.807) is 5.57 Å². The first-order valence-corrected chi connectivity index (χ1v) is 13.6. The van der Waals surface area contributed by atoms with Crippen LogP contribution in [-0.2, 0) is 0 Å². The van der Waals surface area contributed by atoms with Crippen LogP contribution in [-0.4, -0.2) is 53.6 Å². The Balaban J connectivity index is 1.24. The van der Waals surface area contributed by atoms with Crippen molar-refractivity contribution in [3.8, 4) is 0 Å². The highest BCUT2D eigenvalue weighted by Crippen LogP contribution is 2.29. The lowest BCUT2D eigenvalue weighted by Gasteiger charge is -2.31. The maximum Gasteiger partial charge on any atom is 0.224 e. The summed E-state index contributed by atoms with van der Waals surface area (Å²) in [5.41, 5.74) is 1.64. The number of anilines is 2. The summed E-state index contributed by atoms with van der Waals surface area (Å²) in [5.74, 6) is 3.35. The second kappa shape index (κ2) is 12.5. The van der Waals surface area contributed by atoms with Crippen LogP contribution in [0, 0.1) is 11.8 Å². The Labute approximate surface area is 201 Å². The van der Waals surface area contributed by atoms with Crippen molar-refractivity contribution in [2.45, 2.75) is 84.1 Å². The van der Waals surface area contributed by atoms with Crippen molar-refractivity contribution in [2.75, 3.05) is 42.9 Å². The van der Waals surface area contributed by atoms with Crippen molar-refractivity contribution < 1.29 is 0 Å². The van der Waals surface area contributed by atoms with Gasteiger partial charge < -0.3 is 10.2 Å². The fourth-order valence-electron chi connectivity index (χ4n) is 5.60. The van der Waals surface area contributed by atoms with Gasteiger partial charge in [0.2, 0.25) is 5.95 Å². The summed E-state index contributed by atoms with van der Waals surface area (Å²) in [5, 5.41) is 3.58. The summed E-state index contributed by atoms with van der Waals surface area (Å²) >= 11 is 0. The second-order valence-electron chi connectivity index (χ2n) is 10.7. The zero-order valence-electron chi connectivity index (χ0n) is 21.0. The Hall–Kier alpha value is -1.88. The van der Waals surface area contributed by atoms with Crippen LogP contribution in [0.15, 0.2) is 36.1 Å². The van der Waals surface area contributed by atoms with E-state index >= 15 is 0 Å². The number of nitrogens with one attached hydrogen (secondary N) is 1. The molecule has 0 amide bonds. The monoisotopic (exact) mass is 451 g/mol. The SMILES string of the molecule is CC(C)/C=C/CC1=CCC(CN2CCCC2CNc2nccc(N3CCCCCC3)n2)CC1. The first-order valence-electron chi connectivity index (χ1n) is 13.6. The van der Waals surface area contributed by atoms with Crippen molar-refractivity contribution in [3.05, 3.63) is 36.1 Å². The first-order chi connectivity index (χ1) is 16.2. The van der Waals surface area contributed by atoms with Crippen molar-refractivity contribution >= 4 is 11.8 Å². The minimum absolute atomic E-state index is 0.606. The van der Waals surface area contributed by atoms with Crippen LogP contribution in [0.2, 0.25) is 0 Å². The number of nitrogens with zero attached hydrogens (tertiary/aromatic N) is 4. The lowest BCUT2D eigenvalue weighted by molar-refractivity contribution is 0.212. The standard InChI is InChI=1S/C28H45N5/c1-23(2)9-7-10-24-12-14-25(15-13-24)22-33-20-8-11-26(33)21-30-28-29-17-16-27(31-28)32-18-5-3-4-6-19-32/h7,9,12,16-17,23,25-26H,3-6,8,10-11,13-15,18-22H2,1-2H3,(H,29,30,31)/b9-7+. The van der Waals surface area contributed by atoms with Crippen LogP contribution in [0.25, 0.3) is 0 Å². The van der Waals surface area contributed by atoms with Crippen molar-refractivity contribution in [1.82, 2.24) is 14.9 Å². The number of aromatic nitrogens is 2. The minimum atomic E-state index is 0.606. The highest BCUT2D eigenvalue weighted by molar-refractivity contribution is 5.42. The summed E-state index contributed by atoms with van der Waals surface area (Å²) < 4.78 is 0. The van der Waals surface area contributed by atoms with Gasteiger partial charge in [0.1, 0.15) is 5.82 Å². The van der Waals surface area contributed by atoms with Gasteiger partial charge in [0, 0.05) is 38.4 Å². The topological polar surface area (TPSA) is 44.3 Å². The molecule has 2 aliphatic heterocycles. The predicted molar refractivity (Wildman–Crippen MR) is 140 cm³/mol. The third kappa shape index (κ3) is 7.56. The summed E-state index contributed by atoms with van der Waals surface area (Å²) in [6.07, 6.45) is 22.0. The van der Waals surface area contributed by atoms with Gasteiger partial charge >= 0.3 is 0 Å². The van der Waals surface area contributed by atoms with Gasteiger partial charge in [-0.3, -0.25) is 4.90 Å². The Bertz CT molecular complexity index is 778. The van der Waals surface area contributed by atoms with Gasteiger partial charge in [-0.05, 0) is 75.8 Å². The summed E-state index contributed by atoms with van der Waals surface area (Å²) in [4.78, 5) is 14.5. The van der Waals surface area contributed by atoms with Gasteiger partial charge in [-0.2, -0.15) is 4.98 Å². The zero-order valence-corrected chi connectivity index (χ0v) is 21.0. The molecule has 5 heteroatoms. The molecule has 1 aromatic heterocycles. The molecule has 182 valence electrons. The second-order valence-corrected chi connectivity index (χ2v) is 10.7. The molecule has 33 heavy (non-hydrogen) atoms. The summed E-state index contributed by atoms with van der Waals surface area (Å²) in [6, 6.07) is 2.68. The summed E-state index contributed by atoms with van der Waals surface area (Å²) in [7, 11) is 0. The lowest BCUT2D eigenvalue weighted by atomic mass is 9.87. The van der Waals surface area contributed by atoms with Crippen LogP contribution in [0.5, 0.6) is 0 Å². The Morgan fingerprint density at radius 3 is 2.70 bits per heavy atom. The molecular weight excluding hydrogens is 406 g/mol. The van der Waals surface area contributed by atoms with E-state index in [-0.39, 0.29) is 0 Å². The fourth-order valence-corrected chi connectivity index (χ4v) is 5.60. The predicted octanol–water partition coefficient (Wildman–Crippen LogP) is 6.06. The Morgan fingerprint density at radius 2 is 1.94 bits per heavy atom. The van der Waals surface area contributed by atoms with Crippen LogP contribution >= 0.6 is 0 Å². The third-order valence-electron chi connectivity index (χ3n) is 7.57. The number of rotatable bonds is 9. The molecule has 0 saturated carbocycles. The molecule has 1 aromatic rings. The van der Waals surface area contributed by atoms with Crippen molar-refractivity contribution in [3.63, 3.8) is 0 Å². The number of allylic oxidation sites excluding steroid dienone is 4. The van der Waals surface area contributed by atoms with E-state index in [1.807, 2.05) is 6.20 Å². The van der Waals surface area contributed by atoms with Gasteiger partial charge in [-0.1, -0.05) is 50.5 Å². The molecule has 3 aliphatic rings. The molecule has 0 aromatic carbocycles. The molecule has 0 radical (unpaired) electrons. The highest BCUT2D eigenvalue weighted by atomic mass is 15.2. The largest absolute Gasteiger partial charge is 0.356 e. The van der Waals surface area contributed by atoms with E-state index in [0.29, 0.717) is 12.0 Å². The van der Waals surface area contributed by atoms with E-state index in [4.69, 9.17) is 4.98 Å². The van der Waals surface area contributed by atoms with Crippen LogP contribution < -0.4 is 10.2 Å². The number of likely N-dealkylation sites (tertiary alicyclic amines) is 1. The fraction of sp³-hybridized carbons (Fsp3) is 0.714. The lowest BCUT2D eigenvalue weighted by Crippen LogP contribution is -2.38. The third-order valence-corrected chi connectivity index (χ3v) is 7.57. The molecule has 2 fully saturated rings. The molecule has 1 N–H and O–H groups in total. The average Bonchev–Trinajstić information content (AvgIpc) is 3.08. The van der Waals surface area contributed by atoms with Gasteiger partial charge in [0.15, 0.2) is 0 Å². The Kier molecular flexibility index (Phi) is 9.22. The van der Waals surface area contributed by atoms with Crippen molar-refractivity contribution in [1.29, 1.82) is 0 Å². The molecule has 2 saturated heterocycles. The van der Waals surface area contributed by atoms with E-state index in [2.05, 4.69) is 58.2 Å². The van der Waals surface area contributed by atoms with Crippen molar-refractivity contribution in [2.24, 2.45) is 11.8 Å². The minimum Gasteiger partial charge on any atom is -0.356 e. The maximum absolute atomic E-state index is 4.86. The van der Waals surface area contributed by atoms with Crippen LogP contribution in [0.3, 0.4) is 0 Å². The first kappa shape index (κ1) is 24.3. The molecule has 2 unspecified atom stereocenters. The molecule has 0 bridgehead atoms. The highest BCUT2D eigenvalue weighted by Gasteiger charge is 2.27. The molecule has 4 rings (SSSR count). The van der Waals surface area contributed by atoms with E-state index in [9.17, 15) is 0 Å². The quantitative estimate of drug-likeness (QED) is 0.462. The van der Waals surface area contributed by atoms with E-state index in [0.717, 1.165) is 43.7 Å². The summed E-state index contributed by atoms with van der Waals surface area (Å²) in [6.45, 7) is 10.2. The van der Waals surface area contributed by atoms with Gasteiger partial charge in [-0.15, -0.1) is 0 Å². The van der Waals surface area contributed by atoms with Crippen LogP contribution in [0.4, 0.5) is 11.8 Å². The molecule has 3 heterocycles. The number of hydrogen-bond acceptors (Lipinski definition) is 5. The van der Waals surface area contributed by atoms with E-state index in [1.165, 1.54) is 70.9 Å². The van der Waals surface area contributed by atoms with Gasteiger partial charge in [-0.25, -0.2) is 4.98 Å². The van der Waals surface area contributed by atoms with E-state index < -0.39 is 0 Å². The molecule has 2 atom stereocenters. The molecule has 5 nitrogen and oxygen atoms in total. The number of hydrogen-bond donors (Lipinski definition) is 1. The normalized spacial score (nSPS) is 24.9. The van der Waals surface area contributed by atoms with Crippen LogP contribution in [0.1, 0.15) is 78.1 Å². The van der Waals surface area contributed by atoms with Gasteiger partial charge in [0.25, 0.3) is 0 Å². The maximum atomic E-state index is 4.86. The Morgan fingerprint density at radius 1 is 1.09 bits per heavy atom. The van der Waals surface area contributed by atoms with Gasteiger partial charge in [0.05, 0.1) is 0 Å². The zero-order chi connectivity index (χ0) is 22.9. The molecular formula is C28H45N5. The molecule has 0 spiro atoms. The average molecular weight is 452 g/mol. The smallest absolute Gasteiger partial charge is 0.224 e. The molecule has 1 aliphatic carbocycles.